The molecule has 2 amide bonds. The minimum absolute atomic E-state index is 0.137. The summed E-state index contributed by atoms with van der Waals surface area (Å²) in [4.78, 5) is 38.9. The maximum Gasteiger partial charge on any atom is 0.252 e. The first-order valence-corrected chi connectivity index (χ1v) is 24.2. The minimum atomic E-state index is -0.184. The number of ether oxygens (including phenoxy) is 1. The van der Waals surface area contributed by atoms with Crippen LogP contribution in [0.15, 0.2) is 65.9 Å². The Balaban J connectivity index is 0.000000239. The van der Waals surface area contributed by atoms with Crippen molar-refractivity contribution >= 4 is 63.8 Å². The number of aromatic nitrogens is 2. The molecule has 0 radical (unpaired) electrons. The number of benzene rings is 3. The largest absolute Gasteiger partial charge is 0.387 e. The lowest BCUT2D eigenvalue weighted by Gasteiger charge is -2.36. The Morgan fingerprint density at radius 3 is 2.15 bits per heavy atom. The molecule has 1 aliphatic carbocycles. The second kappa shape index (κ2) is 27.3. The predicted octanol–water partition coefficient (Wildman–Crippen LogP) is 10.3. The Labute approximate surface area is 403 Å². The number of nitrogens with one attached hydrogen (secondary N) is 3. The number of nitrogens with zero attached hydrogens (tertiary/aromatic N) is 5. The van der Waals surface area contributed by atoms with Gasteiger partial charge in [0.1, 0.15) is 5.82 Å². The number of imidazole rings is 1. The van der Waals surface area contributed by atoms with Crippen LogP contribution in [0.2, 0.25) is 15.1 Å². The summed E-state index contributed by atoms with van der Waals surface area (Å²) in [6, 6.07) is 16.3. The molecule has 2 fully saturated rings. The van der Waals surface area contributed by atoms with Crippen LogP contribution in [0.4, 0.5) is 11.4 Å². The fourth-order valence-electron chi connectivity index (χ4n) is 8.24. The zero-order valence-corrected chi connectivity index (χ0v) is 42.1. The number of carbonyl (C=O) groups is 2. The molecular formula is C50H72Cl3N9O3. The van der Waals surface area contributed by atoms with Crippen LogP contribution < -0.4 is 26.6 Å². The molecule has 1 aromatic heterocycles. The highest BCUT2D eigenvalue weighted by Crippen LogP contribution is 2.32. The first kappa shape index (κ1) is 53.3. The molecule has 65 heavy (non-hydrogen) atoms. The van der Waals surface area contributed by atoms with Gasteiger partial charge in [-0.05, 0) is 134 Å². The standard InChI is InChI=1S/C21H22Cl2N4O.C21H33ClN4O2.C8H17N/c1-3-24-19-11-17(23)10-18(14(19)2)21(28)26-12-20-25-7-8-27(20)13-15-5-4-6-16(22)9-15;1-5-26(17-7-10-28-11-8-17)19-13-16(22)12-18(15(19)4)21(27)24-9-6-20(23)25-14(2)3;1-9(2)8-6-4-3-5-7-8/h4-11,24H,3,12-13H2,1-2H3,(H,26,28);12-14,17H,5-11H2,1-4H3,(H2,23,25)(H,24,27);8H,3-7H2,1-2H3. The van der Waals surface area contributed by atoms with Crippen LogP contribution in [0, 0.1) is 13.8 Å². The molecule has 0 spiro atoms. The first-order chi connectivity index (χ1) is 31.1. The molecule has 1 aliphatic heterocycles. The van der Waals surface area contributed by atoms with E-state index in [0.717, 1.165) is 79.1 Å². The van der Waals surface area contributed by atoms with E-state index in [4.69, 9.17) is 45.3 Å². The quantitative estimate of drug-likeness (QED) is 0.0643. The summed E-state index contributed by atoms with van der Waals surface area (Å²) in [6.07, 6.45) is 13.3. The number of aliphatic imine (C=N–C) groups is 1. The van der Waals surface area contributed by atoms with Gasteiger partial charge in [-0.2, -0.15) is 0 Å². The van der Waals surface area contributed by atoms with Crippen molar-refractivity contribution in [1.29, 1.82) is 0 Å². The Morgan fingerprint density at radius 1 is 0.877 bits per heavy atom. The van der Waals surface area contributed by atoms with Gasteiger partial charge < -0.3 is 40.8 Å². The van der Waals surface area contributed by atoms with Crippen molar-refractivity contribution in [2.45, 2.75) is 124 Å². The molecule has 12 nitrogen and oxygen atoms in total. The Bertz CT molecular complexity index is 2150. The molecule has 1 saturated carbocycles. The summed E-state index contributed by atoms with van der Waals surface area (Å²) < 4.78 is 7.48. The van der Waals surface area contributed by atoms with E-state index in [1.807, 2.05) is 81.8 Å². The van der Waals surface area contributed by atoms with Gasteiger partial charge >= 0.3 is 0 Å². The zero-order valence-electron chi connectivity index (χ0n) is 39.8. The molecule has 1 saturated heterocycles. The van der Waals surface area contributed by atoms with Gasteiger partial charge in [0.15, 0.2) is 0 Å². The third-order valence-electron chi connectivity index (χ3n) is 11.7. The Hall–Kier alpha value is -4.33. The second-order valence-electron chi connectivity index (χ2n) is 17.1. The number of carbonyl (C=O) groups excluding carboxylic acids is 2. The van der Waals surface area contributed by atoms with E-state index in [2.05, 4.69) is 56.7 Å². The van der Waals surface area contributed by atoms with Crippen LogP contribution in [0.5, 0.6) is 0 Å². The van der Waals surface area contributed by atoms with Gasteiger partial charge in [-0.3, -0.25) is 14.6 Å². The van der Waals surface area contributed by atoms with Crippen LogP contribution in [0.25, 0.3) is 0 Å². The van der Waals surface area contributed by atoms with E-state index < -0.39 is 0 Å². The Morgan fingerprint density at radius 2 is 1.54 bits per heavy atom. The van der Waals surface area contributed by atoms with Gasteiger partial charge in [0.2, 0.25) is 0 Å². The van der Waals surface area contributed by atoms with Crippen LogP contribution >= 0.6 is 34.8 Å². The summed E-state index contributed by atoms with van der Waals surface area (Å²) in [7, 11) is 4.38. The fraction of sp³-hybridized carbons (Fsp3) is 0.520. The summed E-state index contributed by atoms with van der Waals surface area (Å²) in [5.74, 6) is 0.994. The number of halogens is 3. The van der Waals surface area contributed by atoms with Crippen LogP contribution in [-0.4, -0.2) is 97.2 Å². The SMILES string of the molecule is CCN(c1cc(Cl)cc(C(=O)NCCC(N)=NC(C)C)c1C)C1CCOCC1.CCNc1cc(Cl)cc(C(=O)NCc2nccn2Cc2cccc(Cl)c2)c1C.CN(C)C1CCCCC1. The van der Waals surface area contributed by atoms with Crippen molar-refractivity contribution in [3.63, 3.8) is 0 Å². The second-order valence-corrected chi connectivity index (χ2v) is 18.5. The molecule has 6 rings (SSSR count). The number of nitrogens with two attached hydrogens (primary N) is 1. The van der Waals surface area contributed by atoms with Gasteiger partial charge in [0.05, 0.1) is 12.4 Å². The maximum atomic E-state index is 12.8. The minimum Gasteiger partial charge on any atom is -0.387 e. The lowest BCUT2D eigenvalue weighted by atomic mass is 9.95. The normalized spacial score (nSPS) is 14.6. The molecule has 15 heteroatoms. The van der Waals surface area contributed by atoms with Gasteiger partial charge in [0, 0.05) is 114 Å². The van der Waals surface area contributed by atoms with E-state index in [1.54, 1.807) is 18.3 Å². The number of amidine groups is 1. The third kappa shape index (κ3) is 17.1. The number of anilines is 2. The van der Waals surface area contributed by atoms with E-state index in [-0.39, 0.29) is 17.9 Å². The highest BCUT2D eigenvalue weighted by atomic mass is 35.5. The monoisotopic (exact) mass is 951 g/mol. The van der Waals surface area contributed by atoms with E-state index in [9.17, 15) is 9.59 Å². The van der Waals surface area contributed by atoms with E-state index in [1.165, 1.54) is 32.1 Å². The Kier molecular flexibility index (Phi) is 22.4. The maximum absolute atomic E-state index is 12.8. The topological polar surface area (TPSA) is 142 Å². The molecule has 0 atom stereocenters. The van der Waals surface area contributed by atoms with E-state index >= 15 is 0 Å². The number of amides is 2. The van der Waals surface area contributed by atoms with Gasteiger partial charge in [0.25, 0.3) is 11.8 Å². The lowest BCUT2D eigenvalue weighted by Crippen LogP contribution is -2.40. The molecule has 2 aliphatic rings. The molecular weight excluding hydrogens is 881 g/mol. The predicted molar refractivity (Wildman–Crippen MR) is 272 cm³/mol. The average molecular weight is 954 g/mol. The third-order valence-corrected chi connectivity index (χ3v) is 12.4. The molecule has 4 aromatic rings. The van der Waals surface area contributed by atoms with Crippen molar-refractivity contribution < 1.29 is 14.3 Å². The summed E-state index contributed by atoms with van der Waals surface area (Å²) in [6.45, 7) is 16.5. The lowest BCUT2D eigenvalue weighted by molar-refractivity contribution is 0.0845. The van der Waals surface area contributed by atoms with Crippen LogP contribution in [-0.2, 0) is 17.8 Å². The number of hydrogen-bond acceptors (Lipinski definition) is 8. The van der Waals surface area contributed by atoms with Crippen molar-refractivity contribution in [2.24, 2.45) is 10.7 Å². The summed E-state index contributed by atoms with van der Waals surface area (Å²) >= 11 is 18.6. The van der Waals surface area contributed by atoms with Gasteiger partial charge in [-0.25, -0.2) is 4.98 Å². The molecule has 356 valence electrons. The first-order valence-electron chi connectivity index (χ1n) is 23.1. The van der Waals surface area contributed by atoms with Gasteiger partial charge in [-0.1, -0.05) is 66.2 Å². The highest BCUT2D eigenvalue weighted by molar-refractivity contribution is 6.32. The van der Waals surface area contributed by atoms with Crippen molar-refractivity contribution in [3.8, 4) is 0 Å². The molecule has 3 aromatic carbocycles. The van der Waals surface area contributed by atoms with Gasteiger partial charge in [-0.15, -0.1) is 0 Å². The summed E-state index contributed by atoms with van der Waals surface area (Å²) in [5.41, 5.74) is 11.8. The average Bonchev–Trinajstić information content (AvgIpc) is 3.72. The number of hydrogen-bond donors (Lipinski definition) is 4. The molecule has 0 unspecified atom stereocenters. The number of rotatable bonds is 16. The van der Waals surface area contributed by atoms with Crippen molar-refractivity contribution in [3.05, 3.63) is 110 Å². The molecule has 5 N–H and O–H groups in total. The highest BCUT2D eigenvalue weighted by Gasteiger charge is 2.24. The van der Waals surface area contributed by atoms with Crippen molar-refractivity contribution in [2.75, 3.05) is 57.2 Å². The molecule has 2 heterocycles. The summed E-state index contributed by atoms with van der Waals surface area (Å²) in [5, 5.41) is 10.9. The molecule has 0 bridgehead atoms. The zero-order chi connectivity index (χ0) is 47.5. The van der Waals surface area contributed by atoms with Crippen molar-refractivity contribution in [1.82, 2.24) is 25.1 Å². The fourth-order valence-corrected chi connectivity index (χ4v) is 8.88. The smallest absolute Gasteiger partial charge is 0.252 e. The van der Waals surface area contributed by atoms with E-state index in [0.29, 0.717) is 64.1 Å². The van der Waals surface area contributed by atoms with Crippen LogP contribution in [0.3, 0.4) is 0 Å². The van der Waals surface area contributed by atoms with Crippen LogP contribution in [0.1, 0.15) is 122 Å².